The van der Waals surface area contributed by atoms with Crippen LogP contribution in [0.1, 0.15) is 5.56 Å². The van der Waals surface area contributed by atoms with Gasteiger partial charge in [-0.25, -0.2) is 4.68 Å². The maximum absolute atomic E-state index is 5.98. The van der Waals surface area contributed by atoms with Gasteiger partial charge >= 0.3 is 0 Å². The molecule has 3 aromatic rings. The van der Waals surface area contributed by atoms with Gasteiger partial charge in [0.1, 0.15) is 5.52 Å². The van der Waals surface area contributed by atoms with Crippen LogP contribution in [-0.2, 0) is 6.54 Å². The van der Waals surface area contributed by atoms with Crippen molar-refractivity contribution >= 4 is 34.2 Å². The van der Waals surface area contributed by atoms with Crippen LogP contribution in [-0.4, -0.2) is 15.0 Å². The van der Waals surface area contributed by atoms with Crippen molar-refractivity contribution in [1.29, 1.82) is 0 Å². The minimum Gasteiger partial charge on any atom is -0.240 e. The van der Waals surface area contributed by atoms with Gasteiger partial charge in [0, 0.05) is 10.0 Å². The molecule has 0 N–H and O–H groups in total. The molecule has 0 saturated carbocycles. The highest BCUT2D eigenvalue weighted by molar-refractivity contribution is 6.34. The molecule has 5 heteroatoms. The molecule has 0 atom stereocenters. The van der Waals surface area contributed by atoms with Crippen LogP contribution in [0, 0.1) is 0 Å². The first-order valence-corrected chi connectivity index (χ1v) is 6.21. The van der Waals surface area contributed by atoms with Crippen molar-refractivity contribution in [3.8, 4) is 0 Å². The van der Waals surface area contributed by atoms with Crippen molar-refractivity contribution in [2.75, 3.05) is 0 Å². The Balaban J connectivity index is 2.01. The predicted molar refractivity (Wildman–Crippen MR) is 73.1 cm³/mol. The molecule has 0 amide bonds. The predicted octanol–water partition coefficient (Wildman–Crippen LogP) is 3.79. The SMILES string of the molecule is Clc1cc(Cl)cc(Cn2nnc3ccccc32)c1. The highest BCUT2D eigenvalue weighted by atomic mass is 35.5. The highest BCUT2D eigenvalue weighted by Gasteiger charge is 2.05. The molecule has 0 fully saturated rings. The fourth-order valence-corrected chi connectivity index (χ4v) is 2.48. The third kappa shape index (κ3) is 2.19. The highest BCUT2D eigenvalue weighted by Crippen LogP contribution is 2.20. The summed E-state index contributed by atoms with van der Waals surface area (Å²) in [6.45, 7) is 0.598. The van der Waals surface area contributed by atoms with Crippen LogP contribution >= 0.6 is 23.2 Å². The molecule has 1 aromatic heterocycles. The molecule has 0 unspecified atom stereocenters. The molecule has 0 aliphatic rings. The Hall–Kier alpha value is -1.58. The molecule has 0 spiro atoms. The third-order valence-electron chi connectivity index (χ3n) is 2.67. The minimum absolute atomic E-state index is 0.598. The Morgan fingerprint density at radius 1 is 1.00 bits per heavy atom. The van der Waals surface area contributed by atoms with Crippen molar-refractivity contribution in [2.45, 2.75) is 6.54 Å². The monoisotopic (exact) mass is 277 g/mol. The molecule has 1 heterocycles. The Morgan fingerprint density at radius 2 is 1.72 bits per heavy atom. The second-order valence-corrected chi connectivity index (χ2v) is 4.89. The van der Waals surface area contributed by atoms with Gasteiger partial charge in [-0.2, -0.15) is 0 Å². The zero-order valence-corrected chi connectivity index (χ0v) is 10.9. The quantitative estimate of drug-likeness (QED) is 0.714. The van der Waals surface area contributed by atoms with Crippen LogP contribution in [0.2, 0.25) is 10.0 Å². The lowest BCUT2D eigenvalue weighted by Gasteiger charge is -2.04. The molecule has 0 bridgehead atoms. The molecule has 0 aliphatic heterocycles. The summed E-state index contributed by atoms with van der Waals surface area (Å²) in [6.07, 6.45) is 0. The van der Waals surface area contributed by atoms with E-state index < -0.39 is 0 Å². The molecule has 90 valence electrons. The maximum atomic E-state index is 5.98. The molecule has 3 rings (SSSR count). The lowest BCUT2D eigenvalue weighted by atomic mass is 10.2. The van der Waals surface area contributed by atoms with Gasteiger partial charge in [0.25, 0.3) is 0 Å². The topological polar surface area (TPSA) is 30.7 Å². The van der Waals surface area contributed by atoms with E-state index in [4.69, 9.17) is 23.2 Å². The van der Waals surface area contributed by atoms with E-state index in [1.165, 1.54) is 0 Å². The fraction of sp³-hybridized carbons (Fsp3) is 0.0769. The zero-order chi connectivity index (χ0) is 12.5. The third-order valence-corrected chi connectivity index (χ3v) is 3.11. The number of hydrogen-bond acceptors (Lipinski definition) is 2. The molecule has 0 saturated heterocycles. The summed E-state index contributed by atoms with van der Waals surface area (Å²) in [5.74, 6) is 0. The van der Waals surface area contributed by atoms with Crippen molar-refractivity contribution < 1.29 is 0 Å². The standard InChI is InChI=1S/C13H9Cl2N3/c14-10-5-9(6-11(15)7-10)8-18-13-4-2-1-3-12(13)16-17-18/h1-7H,8H2. The van der Waals surface area contributed by atoms with Crippen LogP contribution in [0.5, 0.6) is 0 Å². The van der Waals surface area contributed by atoms with Gasteiger partial charge in [-0.1, -0.05) is 40.5 Å². The molecule has 0 aliphatic carbocycles. The fourth-order valence-electron chi connectivity index (χ4n) is 1.91. The number of aromatic nitrogens is 3. The van der Waals surface area contributed by atoms with Gasteiger partial charge < -0.3 is 0 Å². The van der Waals surface area contributed by atoms with E-state index in [0.717, 1.165) is 16.6 Å². The van der Waals surface area contributed by atoms with E-state index in [1.54, 1.807) is 6.07 Å². The first-order chi connectivity index (χ1) is 8.72. The summed E-state index contributed by atoms with van der Waals surface area (Å²) >= 11 is 12.0. The summed E-state index contributed by atoms with van der Waals surface area (Å²) in [5.41, 5.74) is 2.88. The van der Waals surface area contributed by atoms with Crippen LogP contribution in [0.15, 0.2) is 42.5 Å². The van der Waals surface area contributed by atoms with Crippen molar-refractivity contribution in [3.63, 3.8) is 0 Å². The number of benzene rings is 2. The van der Waals surface area contributed by atoms with E-state index in [9.17, 15) is 0 Å². The smallest absolute Gasteiger partial charge is 0.113 e. The zero-order valence-electron chi connectivity index (χ0n) is 9.35. The second-order valence-electron chi connectivity index (χ2n) is 4.01. The van der Waals surface area contributed by atoms with Gasteiger partial charge in [0.2, 0.25) is 0 Å². The van der Waals surface area contributed by atoms with E-state index in [2.05, 4.69) is 10.3 Å². The van der Waals surface area contributed by atoms with E-state index in [-0.39, 0.29) is 0 Å². The number of halogens is 2. The van der Waals surface area contributed by atoms with Gasteiger partial charge in [-0.05, 0) is 35.9 Å². The Labute approximate surface area is 114 Å². The molecular weight excluding hydrogens is 269 g/mol. The molecule has 3 nitrogen and oxygen atoms in total. The van der Waals surface area contributed by atoms with E-state index >= 15 is 0 Å². The minimum atomic E-state index is 0.598. The number of rotatable bonds is 2. The molecule has 0 radical (unpaired) electrons. The average Bonchev–Trinajstić information content (AvgIpc) is 2.72. The van der Waals surface area contributed by atoms with Crippen LogP contribution in [0.25, 0.3) is 11.0 Å². The first-order valence-electron chi connectivity index (χ1n) is 5.45. The number of fused-ring (bicyclic) bond motifs is 1. The van der Waals surface area contributed by atoms with Gasteiger partial charge in [-0.3, -0.25) is 0 Å². The summed E-state index contributed by atoms with van der Waals surface area (Å²) in [6, 6.07) is 13.3. The van der Waals surface area contributed by atoms with Gasteiger partial charge in [0.05, 0.1) is 12.1 Å². The van der Waals surface area contributed by atoms with Crippen LogP contribution < -0.4 is 0 Å². The summed E-state index contributed by atoms with van der Waals surface area (Å²) < 4.78 is 1.83. The van der Waals surface area contributed by atoms with E-state index in [1.807, 2.05) is 41.1 Å². The number of hydrogen-bond donors (Lipinski definition) is 0. The number of nitrogens with zero attached hydrogens (tertiary/aromatic N) is 3. The van der Waals surface area contributed by atoms with Gasteiger partial charge in [-0.15, -0.1) is 5.10 Å². The van der Waals surface area contributed by atoms with Crippen molar-refractivity contribution in [2.24, 2.45) is 0 Å². The second kappa shape index (κ2) is 4.59. The first kappa shape index (κ1) is 11.5. The summed E-state index contributed by atoms with van der Waals surface area (Å²) in [7, 11) is 0. The lowest BCUT2D eigenvalue weighted by Crippen LogP contribution is -2.01. The Bertz CT molecular complexity index is 686. The molecule has 18 heavy (non-hydrogen) atoms. The average molecular weight is 278 g/mol. The molecule has 2 aromatic carbocycles. The summed E-state index contributed by atoms with van der Waals surface area (Å²) in [5, 5.41) is 9.49. The lowest BCUT2D eigenvalue weighted by molar-refractivity contribution is 0.670. The Kier molecular flexibility index (Phi) is 2.94. The summed E-state index contributed by atoms with van der Waals surface area (Å²) in [4.78, 5) is 0. The largest absolute Gasteiger partial charge is 0.240 e. The van der Waals surface area contributed by atoms with Crippen LogP contribution in [0.3, 0.4) is 0 Å². The van der Waals surface area contributed by atoms with Gasteiger partial charge in [0.15, 0.2) is 0 Å². The Morgan fingerprint density at radius 3 is 2.50 bits per heavy atom. The van der Waals surface area contributed by atoms with Crippen molar-refractivity contribution in [1.82, 2.24) is 15.0 Å². The van der Waals surface area contributed by atoms with Crippen molar-refractivity contribution in [3.05, 3.63) is 58.1 Å². The van der Waals surface area contributed by atoms with E-state index in [0.29, 0.717) is 16.6 Å². The normalized spacial score (nSPS) is 11.0. The molecular formula is C13H9Cl2N3. The van der Waals surface area contributed by atoms with Crippen LogP contribution in [0.4, 0.5) is 0 Å². The number of para-hydroxylation sites is 1. The maximum Gasteiger partial charge on any atom is 0.113 e.